The molecule has 4 nitrogen and oxygen atoms in total. The molecule has 0 saturated heterocycles. The van der Waals surface area contributed by atoms with E-state index in [2.05, 4.69) is 47.6 Å². The minimum atomic E-state index is -1.10. The Labute approximate surface area is 207 Å². The highest BCUT2D eigenvalue weighted by Gasteiger charge is 2.71. The average molecular weight is 475 g/mol. The van der Waals surface area contributed by atoms with Crippen LogP contribution < -0.4 is 0 Å². The Bertz CT molecular complexity index is 864. The van der Waals surface area contributed by atoms with Crippen LogP contribution in [0.4, 0.5) is 0 Å². The first-order chi connectivity index (χ1) is 15.6. The minimum Gasteiger partial charge on any atom is -0.393 e. The van der Waals surface area contributed by atoms with Gasteiger partial charge in [-0.05, 0) is 105 Å². The van der Waals surface area contributed by atoms with E-state index in [0.29, 0.717) is 42.9 Å². The molecular weight excluding hydrogens is 424 g/mol. The van der Waals surface area contributed by atoms with Crippen LogP contribution in [-0.4, -0.2) is 43.8 Å². The van der Waals surface area contributed by atoms with E-state index in [4.69, 9.17) is 0 Å². The highest BCUT2D eigenvalue weighted by molar-refractivity contribution is 5.32. The summed E-state index contributed by atoms with van der Waals surface area (Å²) in [5.41, 5.74) is -1.07. The average Bonchev–Trinajstić information content (AvgIpc) is 3.35. The second kappa shape index (κ2) is 7.55. The summed E-state index contributed by atoms with van der Waals surface area (Å²) in [4.78, 5) is 0. The molecule has 194 valence electrons. The number of fused-ring (bicyclic) bond motifs is 5. The molecule has 0 heterocycles. The predicted octanol–water partition coefficient (Wildman–Crippen LogP) is 5.08. The number of allylic oxidation sites excluding steroid dienone is 1. The van der Waals surface area contributed by atoms with Gasteiger partial charge in [-0.2, -0.15) is 0 Å². The molecule has 5 rings (SSSR count). The summed E-state index contributed by atoms with van der Waals surface area (Å²) < 4.78 is 0. The van der Waals surface area contributed by atoms with Gasteiger partial charge in [0.1, 0.15) is 5.60 Å². The Balaban J connectivity index is 1.43. The standard InChI is InChI=1S/C30H50O4/c1-17(2)29(7,33)28(6)15-24(28)18(3)21-10-11-22-23-9-8-19-14-20(31)12-13-27(19,5)30(23,34)25(32)16-26(21,22)4/h8,17-18,20-25,31-34H,9-16H2,1-7H3. The summed E-state index contributed by atoms with van der Waals surface area (Å²) in [5.74, 6) is 2.23. The molecule has 4 heteroatoms. The number of rotatable bonds is 4. The first kappa shape index (κ1) is 25.2. The van der Waals surface area contributed by atoms with E-state index in [-0.39, 0.29) is 28.8 Å². The van der Waals surface area contributed by atoms with Crippen LogP contribution in [0.15, 0.2) is 11.6 Å². The monoisotopic (exact) mass is 474 g/mol. The molecule has 12 unspecified atom stereocenters. The SMILES string of the molecule is CC(C1CCC2C3CC=C4CC(O)CCC4(C)C3(O)C(O)CC12C)C1CC1(C)C(C)(O)C(C)C. The smallest absolute Gasteiger partial charge is 0.103 e. The van der Waals surface area contributed by atoms with Crippen molar-refractivity contribution in [2.24, 2.45) is 51.8 Å². The maximum Gasteiger partial charge on any atom is 0.103 e. The fourth-order valence-corrected chi connectivity index (χ4v) is 10.3. The summed E-state index contributed by atoms with van der Waals surface area (Å²) in [6.45, 7) is 15.5. The maximum absolute atomic E-state index is 12.4. The molecule has 0 amide bonds. The molecule has 0 bridgehead atoms. The molecule has 0 aliphatic heterocycles. The lowest BCUT2D eigenvalue weighted by molar-refractivity contribution is -0.246. The summed E-state index contributed by atoms with van der Waals surface area (Å²) >= 11 is 0. The van der Waals surface area contributed by atoms with Gasteiger partial charge in [-0.25, -0.2) is 0 Å². The van der Waals surface area contributed by atoms with Crippen LogP contribution in [0.5, 0.6) is 0 Å². The van der Waals surface area contributed by atoms with Crippen molar-refractivity contribution in [2.45, 2.75) is 123 Å². The van der Waals surface area contributed by atoms with Crippen molar-refractivity contribution < 1.29 is 20.4 Å². The molecule has 4 fully saturated rings. The summed E-state index contributed by atoms with van der Waals surface area (Å²) in [6.07, 6.45) is 8.18. The zero-order chi connectivity index (χ0) is 25.1. The summed E-state index contributed by atoms with van der Waals surface area (Å²) in [6, 6.07) is 0. The molecule has 0 radical (unpaired) electrons. The van der Waals surface area contributed by atoms with Crippen molar-refractivity contribution in [1.29, 1.82) is 0 Å². The van der Waals surface area contributed by atoms with Crippen LogP contribution in [-0.2, 0) is 0 Å². The Hall–Kier alpha value is -0.420. The van der Waals surface area contributed by atoms with Gasteiger partial charge in [0.2, 0.25) is 0 Å². The third-order valence-electron chi connectivity index (χ3n) is 13.2. The van der Waals surface area contributed by atoms with Crippen LogP contribution >= 0.6 is 0 Å². The third-order valence-corrected chi connectivity index (χ3v) is 13.2. The zero-order valence-corrected chi connectivity index (χ0v) is 22.6. The molecule has 34 heavy (non-hydrogen) atoms. The quantitative estimate of drug-likeness (QED) is 0.428. The number of hydrogen-bond donors (Lipinski definition) is 4. The molecule has 4 saturated carbocycles. The first-order valence-corrected chi connectivity index (χ1v) is 14.1. The Morgan fingerprint density at radius 3 is 2.29 bits per heavy atom. The molecule has 0 aromatic carbocycles. The van der Waals surface area contributed by atoms with E-state index >= 15 is 0 Å². The highest BCUT2D eigenvalue weighted by atomic mass is 16.3. The van der Waals surface area contributed by atoms with E-state index in [0.717, 1.165) is 32.1 Å². The molecule has 0 spiro atoms. The second-order valence-electron chi connectivity index (χ2n) is 14.5. The molecule has 5 aliphatic rings. The lowest BCUT2D eigenvalue weighted by Crippen LogP contribution is -2.69. The van der Waals surface area contributed by atoms with E-state index in [1.165, 1.54) is 5.57 Å². The number of aliphatic hydroxyl groups excluding tert-OH is 2. The van der Waals surface area contributed by atoms with Crippen LogP contribution in [0.3, 0.4) is 0 Å². The van der Waals surface area contributed by atoms with Gasteiger partial charge in [0.05, 0.1) is 17.8 Å². The van der Waals surface area contributed by atoms with Crippen molar-refractivity contribution in [3.05, 3.63) is 11.6 Å². The van der Waals surface area contributed by atoms with Crippen LogP contribution in [0.1, 0.15) is 99.8 Å². The van der Waals surface area contributed by atoms with Gasteiger partial charge >= 0.3 is 0 Å². The maximum atomic E-state index is 12.4. The largest absolute Gasteiger partial charge is 0.393 e. The lowest BCUT2D eigenvalue weighted by atomic mass is 9.43. The van der Waals surface area contributed by atoms with Gasteiger partial charge < -0.3 is 20.4 Å². The van der Waals surface area contributed by atoms with Crippen molar-refractivity contribution in [3.63, 3.8) is 0 Å². The topological polar surface area (TPSA) is 80.9 Å². The Morgan fingerprint density at radius 1 is 0.971 bits per heavy atom. The van der Waals surface area contributed by atoms with E-state index in [1.807, 2.05) is 6.92 Å². The zero-order valence-electron chi connectivity index (χ0n) is 22.6. The van der Waals surface area contributed by atoms with Gasteiger partial charge in [-0.15, -0.1) is 0 Å². The number of hydrogen-bond acceptors (Lipinski definition) is 4. The molecule has 0 aromatic rings. The van der Waals surface area contributed by atoms with Crippen LogP contribution in [0.2, 0.25) is 0 Å². The van der Waals surface area contributed by atoms with Gasteiger partial charge in [-0.1, -0.05) is 53.2 Å². The normalized spacial score (nSPS) is 55.0. The van der Waals surface area contributed by atoms with E-state index < -0.39 is 22.7 Å². The lowest BCUT2D eigenvalue weighted by Gasteiger charge is -2.64. The number of aliphatic hydroxyl groups is 4. The second-order valence-corrected chi connectivity index (χ2v) is 14.5. The molecule has 4 N–H and O–H groups in total. The van der Waals surface area contributed by atoms with Crippen molar-refractivity contribution in [2.75, 3.05) is 0 Å². The Morgan fingerprint density at radius 2 is 1.65 bits per heavy atom. The summed E-state index contributed by atoms with van der Waals surface area (Å²) in [5, 5.41) is 45.7. The third kappa shape index (κ3) is 2.98. The fourth-order valence-electron chi connectivity index (χ4n) is 10.3. The fraction of sp³-hybridized carbons (Fsp3) is 0.933. The predicted molar refractivity (Wildman–Crippen MR) is 135 cm³/mol. The van der Waals surface area contributed by atoms with Gasteiger partial charge in [0, 0.05) is 5.41 Å². The van der Waals surface area contributed by atoms with Gasteiger partial charge in [0.15, 0.2) is 0 Å². The van der Waals surface area contributed by atoms with E-state index in [1.54, 1.807) is 0 Å². The Kier molecular flexibility index (Phi) is 5.61. The van der Waals surface area contributed by atoms with Crippen molar-refractivity contribution in [3.8, 4) is 0 Å². The van der Waals surface area contributed by atoms with E-state index in [9.17, 15) is 20.4 Å². The summed E-state index contributed by atoms with van der Waals surface area (Å²) in [7, 11) is 0. The molecule has 12 atom stereocenters. The minimum absolute atomic E-state index is 0.0127. The molecule has 0 aromatic heterocycles. The van der Waals surface area contributed by atoms with Crippen molar-refractivity contribution in [1.82, 2.24) is 0 Å². The van der Waals surface area contributed by atoms with Crippen molar-refractivity contribution >= 4 is 0 Å². The molecule has 5 aliphatic carbocycles. The highest BCUT2D eigenvalue weighted by Crippen LogP contribution is 2.72. The molecular formula is C30H50O4. The first-order valence-electron chi connectivity index (χ1n) is 14.1. The van der Waals surface area contributed by atoms with Crippen LogP contribution in [0.25, 0.3) is 0 Å². The van der Waals surface area contributed by atoms with Crippen LogP contribution in [0, 0.1) is 51.8 Å². The van der Waals surface area contributed by atoms with Gasteiger partial charge in [-0.3, -0.25) is 0 Å². The van der Waals surface area contributed by atoms with Gasteiger partial charge in [0.25, 0.3) is 0 Å².